The van der Waals surface area contributed by atoms with Crippen LogP contribution in [0.4, 0.5) is 4.39 Å². The Labute approximate surface area is 156 Å². The lowest BCUT2D eigenvalue weighted by Crippen LogP contribution is -2.04. The normalized spacial score (nSPS) is 12.1. The number of hydrogen-bond acceptors (Lipinski definition) is 3. The Morgan fingerprint density at radius 3 is 2.70 bits per heavy atom. The fourth-order valence-corrected chi connectivity index (χ4v) is 3.22. The van der Waals surface area contributed by atoms with Crippen molar-refractivity contribution in [2.45, 2.75) is 13.0 Å². The fraction of sp³-hybridized carbons (Fsp3) is 0.0909. The third-order valence-electron chi connectivity index (χ3n) is 4.66. The standard InChI is InChI=1S/C22H17FN4/c1-14(25)15-8-9-22-21(11-15)26-13-27(22)17-5-2-4-16(10-17)18-6-3-7-20(23)19(18)12-24/h2-11,13-14H,25H2,1H3/t14-/m0/s1. The second kappa shape index (κ2) is 6.67. The predicted molar refractivity (Wildman–Crippen MR) is 104 cm³/mol. The van der Waals surface area contributed by atoms with Crippen molar-refractivity contribution < 1.29 is 4.39 Å². The van der Waals surface area contributed by atoms with Gasteiger partial charge in [-0.1, -0.05) is 30.3 Å². The summed E-state index contributed by atoms with van der Waals surface area (Å²) >= 11 is 0. The highest BCUT2D eigenvalue weighted by Crippen LogP contribution is 2.28. The molecule has 0 aliphatic carbocycles. The molecule has 0 radical (unpaired) electrons. The first-order valence-electron chi connectivity index (χ1n) is 8.60. The molecule has 4 aromatic rings. The topological polar surface area (TPSA) is 67.6 Å². The first-order chi connectivity index (χ1) is 13.1. The molecular formula is C22H17FN4. The first-order valence-corrected chi connectivity index (χ1v) is 8.60. The van der Waals surface area contributed by atoms with E-state index >= 15 is 0 Å². The average Bonchev–Trinajstić information content (AvgIpc) is 3.11. The molecule has 0 fully saturated rings. The Morgan fingerprint density at radius 2 is 1.93 bits per heavy atom. The molecular weight excluding hydrogens is 339 g/mol. The van der Waals surface area contributed by atoms with Crippen molar-refractivity contribution in [1.82, 2.24) is 9.55 Å². The molecule has 5 heteroatoms. The lowest BCUT2D eigenvalue weighted by molar-refractivity contribution is 0.624. The van der Waals surface area contributed by atoms with E-state index in [4.69, 9.17) is 5.73 Å². The lowest BCUT2D eigenvalue weighted by Gasteiger charge is -2.10. The molecule has 0 aliphatic rings. The average molecular weight is 356 g/mol. The maximum absolute atomic E-state index is 14.0. The van der Waals surface area contributed by atoms with Crippen LogP contribution in [0.2, 0.25) is 0 Å². The van der Waals surface area contributed by atoms with Gasteiger partial charge >= 0.3 is 0 Å². The molecule has 1 atom stereocenters. The number of halogens is 1. The second-order valence-corrected chi connectivity index (χ2v) is 6.48. The maximum Gasteiger partial charge on any atom is 0.141 e. The molecule has 0 unspecified atom stereocenters. The van der Waals surface area contributed by atoms with E-state index in [1.54, 1.807) is 18.5 Å². The molecule has 0 saturated heterocycles. The summed E-state index contributed by atoms with van der Waals surface area (Å²) in [5.41, 5.74) is 11.1. The van der Waals surface area contributed by atoms with Crippen molar-refractivity contribution in [3.05, 3.63) is 83.9 Å². The monoisotopic (exact) mass is 356 g/mol. The van der Waals surface area contributed by atoms with Crippen LogP contribution in [-0.2, 0) is 0 Å². The largest absolute Gasteiger partial charge is 0.324 e. The van der Waals surface area contributed by atoms with E-state index in [0.717, 1.165) is 27.8 Å². The number of nitrogens with zero attached hydrogens (tertiary/aromatic N) is 3. The molecule has 0 aliphatic heterocycles. The number of aromatic nitrogens is 2. The van der Waals surface area contributed by atoms with Crippen LogP contribution in [0.1, 0.15) is 24.1 Å². The van der Waals surface area contributed by atoms with Crippen LogP contribution in [0, 0.1) is 17.1 Å². The van der Waals surface area contributed by atoms with Gasteiger partial charge in [0.05, 0.1) is 16.6 Å². The molecule has 27 heavy (non-hydrogen) atoms. The van der Waals surface area contributed by atoms with E-state index in [-0.39, 0.29) is 11.6 Å². The SMILES string of the molecule is C[C@H](N)c1ccc2c(c1)ncn2-c1cccc(-c2cccc(F)c2C#N)c1. The molecule has 0 bridgehead atoms. The summed E-state index contributed by atoms with van der Waals surface area (Å²) < 4.78 is 15.9. The van der Waals surface area contributed by atoms with E-state index in [2.05, 4.69) is 4.98 Å². The number of fused-ring (bicyclic) bond motifs is 1. The number of nitrogens with two attached hydrogens (primary N) is 1. The van der Waals surface area contributed by atoms with Crippen LogP contribution in [0.25, 0.3) is 27.8 Å². The number of benzene rings is 3. The van der Waals surface area contributed by atoms with Crippen LogP contribution in [0.3, 0.4) is 0 Å². The van der Waals surface area contributed by atoms with Gasteiger partial charge in [-0.25, -0.2) is 9.37 Å². The number of imidazole rings is 1. The van der Waals surface area contributed by atoms with E-state index < -0.39 is 5.82 Å². The predicted octanol–water partition coefficient (Wildman–Crippen LogP) is 4.72. The zero-order valence-corrected chi connectivity index (χ0v) is 14.7. The summed E-state index contributed by atoms with van der Waals surface area (Å²) in [7, 11) is 0. The number of nitriles is 1. The molecule has 132 valence electrons. The third-order valence-corrected chi connectivity index (χ3v) is 4.66. The van der Waals surface area contributed by atoms with E-state index in [0.29, 0.717) is 5.56 Å². The second-order valence-electron chi connectivity index (χ2n) is 6.48. The molecule has 2 N–H and O–H groups in total. The summed E-state index contributed by atoms with van der Waals surface area (Å²) in [6, 6.07) is 20.2. The lowest BCUT2D eigenvalue weighted by atomic mass is 9.99. The highest BCUT2D eigenvalue weighted by molar-refractivity contribution is 5.79. The molecule has 0 saturated carbocycles. The maximum atomic E-state index is 14.0. The summed E-state index contributed by atoms with van der Waals surface area (Å²) in [5.74, 6) is -0.517. The number of rotatable bonds is 3. The van der Waals surface area contributed by atoms with Crippen molar-refractivity contribution in [2.75, 3.05) is 0 Å². The third kappa shape index (κ3) is 2.97. The quantitative estimate of drug-likeness (QED) is 0.577. The van der Waals surface area contributed by atoms with Gasteiger partial charge < -0.3 is 5.73 Å². The van der Waals surface area contributed by atoms with Gasteiger partial charge in [-0.05, 0) is 48.4 Å². The van der Waals surface area contributed by atoms with Crippen molar-refractivity contribution in [3.63, 3.8) is 0 Å². The fourth-order valence-electron chi connectivity index (χ4n) is 3.22. The molecule has 0 amide bonds. The molecule has 4 nitrogen and oxygen atoms in total. The van der Waals surface area contributed by atoms with Gasteiger partial charge in [0, 0.05) is 17.3 Å². The van der Waals surface area contributed by atoms with Crippen LogP contribution in [0.15, 0.2) is 67.0 Å². The van der Waals surface area contributed by atoms with Gasteiger partial charge in [0.2, 0.25) is 0 Å². The van der Waals surface area contributed by atoms with Crippen LogP contribution in [-0.4, -0.2) is 9.55 Å². The highest BCUT2D eigenvalue weighted by atomic mass is 19.1. The van der Waals surface area contributed by atoms with E-state index in [1.807, 2.05) is 60.0 Å². The molecule has 1 aromatic heterocycles. The molecule has 3 aromatic carbocycles. The first kappa shape index (κ1) is 17.0. The Kier molecular flexibility index (Phi) is 4.19. The molecule has 0 spiro atoms. The van der Waals surface area contributed by atoms with E-state index in [1.165, 1.54) is 6.07 Å². The van der Waals surface area contributed by atoms with Crippen LogP contribution < -0.4 is 5.73 Å². The highest BCUT2D eigenvalue weighted by Gasteiger charge is 2.12. The van der Waals surface area contributed by atoms with Crippen molar-refractivity contribution in [2.24, 2.45) is 5.73 Å². The van der Waals surface area contributed by atoms with Crippen LogP contribution >= 0.6 is 0 Å². The van der Waals surface area contributed by atoms with Gasteiger partial charge in [-0.3, -0.25) is 4.57 Å². The van der Waals surface area contributed by atoms with Gasteiger partial charge in [0.15, 0.2) is 0 Å². The summed E-state index contributed by atoms with van der Waals surface area (Å²) in [4.78, 5) is 4.48. The summed E-state index contributed by atoms with van der Waals surface area (Å²) in [5, 5.41) is 9.31. The van der Waals surface area contributed by atoms with Gasteiger partial charge in [-0.15, -0.1) is 0 Å². The Hall–Kier alpha value is -3.49. The number of hydrogen-bond donors (Lipinski definition) is 1. The Bertz CT molecular complexity index is 1180. The Balaban J connectivity index is 1.84. The summed E-state index contributed by atoms with van der Waals surface area (Å²) in [6.45, 7) is 1.94. The van der Waals surface area contributed by atoms with Gasteiger partial charge in [0.25, 0.3) is 0 Å². The Morgan fingerprint density at radius 1 is 1.11 bits per heavy atom. The molecule has 4 rings (SSSR count). The minimum atomic E-state index is -0.517. The van der Waals surface area contributed by atoms with Crippen molar-refractivity contribution in [3.8, 4) is 22.9 Å². The zero-order chi connectivity index (χ0) is 19.0. The van der Waals surface area contributed by atoms with Gasteiger partial charge in [-0.2, -0.15) is 5.26 Å². The van der Waals surface area contributed by atoms with E-state index in [9.17, 15) is 9.65 Å². The minimum Gasteiger partial charge on any atom is -0.324 e. The minimum absolute atomic E-state index is 0.0479. The van der Waals surface area contributed by atoms with Crippen molar-refractivity contribution in [1.29, 1.82) is 5.26 Å². The smallest absolute Gasteiger partial charge is 0.141 e. The van der Waals surface area contributed by atoms with Crippen LogP contribution in [0.5, 0.6) is 0 Å². The zero-order valence-electron chi connectivity index (χ0n) is 14.7. The summed E-state index contributed by atoms with van der Waals surface area (Å²) in [6.07, 6.45) is 1.76. The van der Waals surface area contributed by atoms with Gasteiger partial charge in [0.1, 0.15) is 18.2 Å². The molecule has 1 heterocycles. The van der Waals surface area contributed by atoms with Crippen molar-refractivity contribution >= 4 is 11.0 Å².